The molecule has 1 rings (SSSR count). The number of carboxylic acid groups (broad SMARTS) is 1. The number of aliphatic carboxylic acids is 1. The SMILES string of the molecule is COCC(Oc1ccc(Cl)cc1[N+](=O)[O-])C(=O)O. The standard InChI is InChI=1S/C10H10ClNO6/c1-17-5-9(10(13)14)18-8-3-2-6(11)4-7(8)12(15)16/h2-4,9H,5H2,1H3,(H,13,14). The van der Waals surface area contributed by atoms with Crippen molar-refractivity contribution >= 4 is 23.3 Å². The van der Waals surface area contributed by atoms with Crippen LogP contribution in [0.5, 0.6) is 5.75 Å². The second-order valence-corrected chi connectivity index (χ2v) is 3.71. The molecule has 8 heteroatoms. The summed E-state index contributed by atoms with van der Waals surface area (Å²) in [5.41, 5.74) is -0.398. The number of benzene rings is 1. The van der Waals surface area contributed by atoms with Gasteiger partial charge in [-0.25, -0.2) is 4.79 Å². The molecule has 1 N–H and O–H groups in total. The van der Waals surface area contributed by atoms with E-state index in [0.717, 1.165) is 6.07 Å². The second kappa shape index (κ2) is 6.18. The van der Waals surface area contributed by atoms with Crippen LogP contribution in [-0.2, 0) is 9.53 Å². The lowest BCUT2D eigenvalue weighted by Gasteiger charge is -2.14. The Morgan fingerprint density at radius 1 is 1.61 bits per heavy atom. The highest BCUT2D eigenvalue weighted by atomic mass is 35.5. The average molecular weight is 276 g/mol. The number of nitrogens with zero attached hydrogens (tertiary/aromatic N) is 1. The lowest BCUT2D eigenvalue weighted by atomic mass is 10.3. The first-order valence-electron chi connectivity index (χ1n) is 4.78. The molecule has 0 heterocycles. The molecule has 0 aliphatic heterocycles. The Morgan fingerprint density at radius 3 is 2.78 bits per heavy atom. The number of halogens is 1. The highest BCUT2D eigenvalue weighted by molar-refractivity contribution is 6.30. The van der Waals surface area contributed by atoms with E-state index in [-0.39, 0.29) is 17.4 Å². The third kappa shape index (κ3) is 3.57. The molecule has 0 aliphatic carbocycles. The minimum atomic E-state index is -1.32. The van der Waals surface area contributed by atoms with Crippen LogP contribution in [0.2, 0.25) is 5.02 Å². The quantitative estimate of drug-likeness (QED) is 0.627. The molecule has 0 aliphatic rings. The third-order valence-corrected chi connectivity index (χ3v) is 2.22. The minimum Gasteiger partial charge on any atom is -0.478 e. The highest BCUT2D eigenvalue weighted by Crippen LogP contribution is 2.30. The number of methoxy groups -OCH3 is 1. The van der Waals surface area contributed by atoms with E-state index in [0.29, 0.717) is 0 Å². The number of nitro benzene ring substituents is 1. The topological polar surface area (TPSA) is 98.9 Å². The van der Waals surface area contributed by atoms with E-state index in [1.165, 1.54) is 19.2 Å². The first-order valence-corrected chi connectivity index (χ1v) is 5.16. The second-order valence-electron chi connectivity index (χ2n) is 3.27. The predicted molar refractivity (Wildman–Crippen MR) is 62.0 cm³/mol. The van der Waals surface area contributed by atoms with Crippen LogP contribution in [0.4, 0.5) is 5.69 Å². The molecule has 0 saturated heterocycles. The summed E-state index contributed by atoms with van der Waals surface area (Å²) in [4.78, 5) is 20.9. The lowest BCUT2D eigenvalue weighted by molar-refractivity contribution is -0.386. The Kier molecular flexibility index (Phi) is 4.87. The summed E-state index contributed by atoms with van der Waals surface area (Å²) in [6, 6.07) is 3.70. The fourth-order valence-corrected chi connectivity index (χ4v) is 1.36. The van der Waals surface area contributed by atoms with Crippen LogP contribution in [0.3, 0.4) is 0 Å². The van der Waals surface area contributed by atoms with E-state index in [9.17, 15) is 14.9 Å². The summed E-state index contributed by atoms with van der Waals surface area (Å²) in [5, 5.41) is 19.8. The molecule has 0 aromatic heterocycles. The maximum absolute atomic E-state index is 10.8. The van der Waals surface area contributed by atoms with Gasteiger partial charge in [-0.2, -0.15) is 0 Å². The van der Waals surface area contributed by atoms with Gasteiger partial charge >= 0.3 is 11.7 Å². The van der Waals surface area contributed by atoms with E-state index in [1.54, 1.807) is 0 Å². The van der Waals surface area contributed by atoms with E-state index in [2.05, 4.69) is 4.74 Å². The molecule has 0 bridgehead atoms. The number of carboxylic acids is 1. The predicted octanol–water partition coefficient (Wildman–Crippen LogP) is 1.73. The van der Waals surface area contributed by atoms with Crippen molar-refractivity contribution in [2.24, 2.45) is 0 Å². The van der Waals surface area contributed by atoms with Crippen molar-refractivity contribution < 1.29 is 24.3 Å². The lowest BCUT2D eigenvalue weighted by Crippen LogP contribution is -2.31. The summed E-state index contributed by atoms with van der Waals surface area (Å²) in [7, 11) is 1.30. The van der Waals surface area contributed by atoms with Gasteiger partial charge < -0.3 is 14.6 Å². The molecule has 1 unspecified atom stereocenters. The normalized spacial score (nSPS) is 11.9. The third-order valence-electron chi connectivity index (χ3n) is 1.98. The number of rotatable bonds is 6. The maximum Gasteiger partial charge on any atom is 0.347 e. The largest absolute Gasteiger partial charge is 0.478 e. The van der Waals surface area contributed by atoms with Crippen molar-refractivity contribution in [1.82, 2.24) is 0 Å². The van der Waals surface area contributed by atoms with Gasteiger partial charge in [0, 0.05) is 18.2 Å². The zero-order chi connectivity index (χ0) is 13.7. The number of nitro groups is 1. The molecule has 1 aromatic rings. The van der Waals surface area contributed by atoms with E-state index >= 15 is 0 Å². The molecule has 1 aromatic carbocycles. The van der Waals surface area contributed by atoms with Gasteiger partial charge in [-0.3, -0.25) is 10.1 Å². The van der Waals surface area contributed by atoms with E-state index in [4.69, 9.17) is 21.4 Å². The van der Waals surface area contributed by atoms with Crippen molar-refractivity contribution in [3.63, 3.8) is 0 Å². The molecule has 98 valence electrons. The Hall–Kier alpha value is -1.86. The Morgan fingerprint density at radius 2 is 2.28 bits per heavy atom. The van der Waals surface area contributed by atoms with Crippen molar-refractivity contribution in [3.8, 4) is 5.75 Å². The maximum atomic E-state index is 10.8. The van der Waals surface area contributed by atoms with Gasteiger partial charge in [-0.05, 0) is 12.1 Å². The minimum absolute atomic E-state index is 0.160. The zero-order valence-electron chi connectivity index (χ0n) is 9.33. The summed E-state index contributed by atoms with van der Waals surface area (Å²) in [6.45, 7) is -0.227. The molecule has 7 nitrogen and oxygen atoms in total. The van der Waals surface area contributed by atoms with E-state index in [1.807, 2.05) is 0 Å². The smallest absolute Gasteiger partial charge is 0.347 e. The number of carbonyl (C=O) groups is 1. The Labute approximate surface area is 107 Å². The van der Waals surface area contributed by atoms with Gasteiger partial charge in [0.25, 0.3) is 0 Å². The van der Waals surface area contributed by atoms with Crippen molar-refractivity contribution in [2.75, 3.05) is 13.7 Å². The van der Waals surface area contributed by atoms with Gasteiger partial charge in [0.15, 0.2) is 5.75 Å². The molecule has 0 radical (unpaired) electrons. The van der Waals surface area contributed by atoms with Gasteiger partial charge in [-0.15, -0.1) is 0 Å². The van der Waals surface area contributed by atoms with Crippen LogP contribution < -0.4 is 4.74 Å². The molecular weight excluding hydrogens is 266 g/mol. The van der Waals surface area contributed by atoms with Crippen molar-refractivity contribution in [2.45, 2.75) is 6.10 Å². The molecule has 1 atom stereocenters. The number of ether oxygens (including phenoxy) is 2. The summed E-state index contributed by atoms with van der Waals surface area (Å²) in [6.07, 6.45) is -1.32. The number of hydrogen-bond acceptors (Lipinski definition) is 5. The fourth-order valence-electron chi connectivity index (χ4n) is 1.19. The summed E-state index contributed by atoms with van der Waals surface area (Å²) >= 11 is 5.62. The molecule has 0 fully saturated rings. The molecule has 0 amide bonds. The summed E-state index contributed by atoms with van der Waals surface area (Å²) in [5.74, 6) is -1.45. The Bertz CT molecular complexity index is 464. The van der Waals surface area contributed by atoms with Crippen molar-refractivity contribution in [1.29, 1.82) is 0 Å². The zero-order valence-corrected chi connectivity index (χ0v) is 10.1. The van der Waals surface area contributed by atoms with Gasteiger partial charge in [0.1, 0.15) is 0 Å². The van der Waals surface area contributed by atoms with Crippen LogP contribution in [0.15, 0.2) is 18.2 Å². The number of hydrogen-bond donors (Lipinski definition) is 1. The van der Waals surface area contributed by atoms with Crippen molar-refractivity contribution in [3.05, 3.63) is 33.3 Å². The molecule has 18 heavy (non-hydrogen) atoms. The molecular formula is C10H10ClNO6. The van der Waals surface area contributed by atoms with E-state index < -0.39 is 22.7 Å². The monoisotopic (exact) mass is 275 g/mol. The van der Waals surface area contributed by atoms with Gasteiger partial charge in [0.2, 0.25) is 6.10 Å². The molecule has 0 spiro atoms. The highest BCUT2D eigenvalue weighted by Gasteiger charge is 2.24. The summed E-state index contributed by atoms with van der Waals surface area (Å²) < 4.78 is 9.70. The Balaban J connectivity index is 3.01. The first-order chi connectivity index (χ1) is 8.45. The van der Waals surface area contributed by atoms with Crippen LogP contribution in [0.25, 0.3) is 0 Å². The van der Waals surface area contributed by atoms with Crippen LogP contribution in [-0.4, -0.2) is 35.8 Å². The van der Waals surface area contributed by atoms with Crippen LogP contribution in [0.1, 0.15) is 0 Å². The average Bonchev–Trinajstić information content (AvgIpc) is 2.30. The molecule has 0 saturated carbocycles. The van der Waals surface area contributed by atoms with Gasteiger partial charge in [-0.1, -0.05) is 11.6 Å². The first kappa shape index (κ1) is 14.2. The fraction of sp³-hybridized carbons (Fsp3) is 0.300. The van der Waals surface area contributed by atoms with Crippen LogP contribution >= 0.6 is 11.6 Å². The van der Waals surface area contributed by atoms with Gasteiger partial charge in [0.05, 0.1) is 11.5 Å². The van der Waals surface area contributed by atoms with Crippen LogP contribution in [0, 0.1) is 10.1 Å².